The van der Waals surface area contributed by atoms with E-state index in [-0.39, 0.29) is 0 Å². The number of nitrogens with one attached hydrogen (secondary N) is 2. The van der Waals surface area contributed by atoms with Crippen LogP contribution < -0.4 is 10.6 Å². The van der Waals surface area contributed by atoms with Crippen molar-refractivity contribution < 1.29 is 18.0 Å². The molecule has 0 bridgehead atoms. The highest BCUT2D eigenvalue weighted by molar-refractivity contribution is 5.84. The third kappa shape index (κ3) is 2.76. The summed E-state index contributed by atoms with van der Waals surface area (Å²) in [4.78, 5) is 11.6. The average molecular weight is 244 g/mol. The second kappa shape index (κ2) is 4.37. The molecule has 0 aliphatic carbocycles. The van der Waals surface area contributed by atoms with Gasteiger partial charge in [0.05, 0.1) is 0 Å². The summed E-state index contributed by atoms with van der Waals surface area (Å²) >= 11 is 0. The first-order valence-electron chi connectivity index (χ1n) is 5.13. The Morgan fingerprint density at radius 1 is 1.41 bits per heavy atom. The number of fused-ring (bicyclic) bond motifs is 1. The second-order valence-corrected chi connectivity index (χ2v) is 3.85. The van der Waals surface area contributed by atoms with Crippen LogP contribution in [0.1, 0.15) is 17.2 Å². The molecule has 0 spiro atoms. The van der Waals surface area contributed by atoms with Gasteiger partial charge in [-0.05, 0) is 11.1 Å². The maximum absolute atomic E-state index is 12.0. The van der Waals surface area contributed by atoms with E-state index in [1.165, 1.54) is 0 Å². The number of benzene rings is 1. The molecule has 1 aliphatic heterocycles. The second-order valence-electron chi connectivity index (χ2n) is 3.85. The fraction of sp³-hybridized carbons (Fsp3) is 0.364. The number of amides is 1. The molecule has 92 valence electrons. The van der Waals surface area contributed by atoms with Gasteiger partial charge in [0, 0.05) is 6.54 Å². The highest BCUT2D eigenvalue weighted by Crippen LogP contribution is 2.25. The van der Waals surface area contributed by atoms with E-state index < -0.39 is 24.7 Å². The van der Waals surface area contributed by atoms with Gasteiger partial charge in [-0.25, -0.2) is 0 Å². The standard InChI is InChI=1S/C11H11F3N2O/c12-11(13,14)6-16-10(17)9-8-4-2-1-3-7(8)5-15-9/h1-4,9,15H,5-6H2,(H,16,17). The molecule has 2 N–H and O–H groups in total. The number of hydrogen-bond donors (Lipinski definition) is 2. The van der Waals surface area contributed by atoms with Crippen molar-refractivity contribution in [3.05, 3.63) is 35.4 Å². The van der Waals surface area contributed by atoms with E-state index in [9.17, 15) is 18.0 Å². The van der Waals surface area contributed by atoms with E-state index >= 15 is 0 Å². The summed E-state index contributed by atoms with van der Waals surface area (Å²) in [6, 6.07) is 6.49. The molecule has 0 aromatic heterocycles. The van der Waals surface area contributed by atoms with Gasteiger partial charge in [-0.1, -0.05) is 24.3 Å². The molecule has 17 heavy (non-hydrogen) atoms. The van der Waals surface area contributed by atoms with Gasteiger partial charge in [0.2, 0.25) is 5.91 Å². The first-order chi connectivity index (χ1) is 7.97. The van der Waals surface area contributed by atoms with Gasteiger partial charge in [-0.15, -0.1) is 0 Å². The Bertz CT molecular complexity index is 431. The summed E-state index contributed by atoms with van der Waals surface area (Å²) in [7, 11) is 0. The van der Waals surface area contributed by atoms with Crippen LogP contribution in [-0.4, -0.2) is 18.6 Å². The summed E-state index contributed by atoms with van der Waals surface area (Å²) in [6.07, 6.45) is -4.38. The van der Waals surface area contributed by atoms with Crippen LogP contribution in [0.2, 0.25) is 0 Å². The van der Waals surface area contributed by atoms with Crippen LogP contribution in [0.5, 0.6) is 0 Å². The Hall–Kier alpha value is -1.56. The van der Waals surface area contributed by atoms with Gasteiger partial charge in [-0.2, -0.15) is 13.2 Å². The largest absolute Gasteiger partial charge is 0.405 e. The van der Waals surface area contributed by atoms with E-state index in [1.54, 1.807) is 12.1 Å². The predicted molar refractivity (Wildman–Crippen MR) is 55.1 cm³/mol. The summed E-state index contributed by atoms with van der Waals surface area (Å²) in [5.74, 6) is -0.646. The van der Waals surface area contributed by atoms with Crippen molar-refractivity contribution >= 4 is 5.91 Å². The van der Waals surface area contributed by atoms with Crippen LogP contribution >= 0.6 is 0 Å². The zero-order valence-electron chi connectivity index (χ0n) is 8.84. The fourth-order valence-corrected chi connectivity index (χ4v) is 1.82. The molecule has 0 saturated heterocycles. The minimum atomic E-state index is -4.38. The zero-order chi connectivity index (χ0) is 12.5. The molecule has 1 aliphatic rings. The molecule has 1 atom stereocenters. The van der Waals surface area contributed by atoms with Crippen molar-refractivity contribution in [3.63, 3.8) is 0 Å². The van der Waals surface area contributed by atoms with Crippen LogP contribution in [0.3, 0.4) is 0 Å². The van der Waals surface area contributed by atoms with Crippen LogP contribution in [0.15, 0.2) is 24.3 Å². The first kappa shape index (κ1) is 11.9. The molecular formula is C11H11F3N2O. The lowest BCUT2D eigenvalue weighted by atomic mass is 10.0. The highest BCUT2D eigenvalue weighted by Gasteiger charge is 2.32. The summed E-state index contributed by atoms with van der Waals surface area (Å²) < 4.78 is 35.9. The van der Waals surface area contributed by atoms with Gasteiger partial charge in [0.1, 0.15) is 12.6 Å². The topological polar surface area (TPSA) is 41.1 Å². The molecule has 6 heteroatoms. The van der Waals surface area contributed by atoms with Crippen molar-refractivity contribution in [2.24, 2.45) is 0 Å². The van der Waals surface area contributed by atoms with Crippen molar-refractivity contribution in [2.75, 3.05) is 6.54 Å². The number of carbonyl (C=O) groups is 1. The van der Waals surface area contributed by atoms with Crippen LogP contribution in [-0.2, 0) is 11.3 Å². The smallest absolute Gasteiger partial charge is 0.345 e. The van der Waals surface area contributed by atoms with Crippen LogP contribution in [0.25, 0.3) is 0 Å². The fourth-order valence-electron chi connectivity index (χ4n) is 1.82. The number of alkyl halides is 3. The molecule has 1 heterocycles. The summed E-state index contributed by atoms with van der Waals surface area (Å²) in [5.41, 5.74) is 1.69. The minimum Gasteiger partial charge on any atom is -0.345 e. The molecular weight excluding hydrogens is 233 g/mol. The Kier molecular flexibility index (Phi) is 3.06. The first-order valence-corrected chi connectivity index (χ1v) is 5.13. The summed E-state index contributed by atoms with van der Waals surface area (Å²) in [5, 5.41) is 4.76. The lowest BCUT2D eigenvalue weighted by Crippen LogP contribution is -2.39. The van der Waals surface area contributed by atoms with Crippen molar-refractivity contribution in [1.82, 2.24) is 10.6 Å². The number of halogens is 3. The van der Waals surface area contributed by atoms with Crippen LogP contribution in [0.4, 0.5) is 13.2 Å². The van der Waals surface area contributed by atoms with Crippen molar-refractivity contribution in [1.29, 1.82) is 0 Å². The molecule has 0 fully saturated rings. The Morgan fingerprint density at radius 3 is 2.82 bits per heavy atom. The van der Waals surface area contributed by atoms with E-state index in [2.05, 4.69) is 5.32 Å². The lowest BCUT2D eigenvalue weighted by Gasteiger charge is -2.13. The molecule has 1 unspecified atom stereocenters. The average Bonchev–Trinajstić information content (AvgIpc) is 2.68. The zero-order valence-corrected chi connectivity index (χ0v) is 8.84. The van der Waals surface area contributed by atoms with E-state index in [0.29, 0.717) is 6.54 Å². The maximum atomic E-state index is 12.0. The number of rotatable bonds is 2. The quantitative estimate of drug-likeness (QED) is 0.828. The number of carbonyl (C=O) groups excluding carboxylic acids is 1. The highest BCUT2D eigenvalue weighted by atomic mass is 19.4. The van der Waals surface area contributed by atoms with Crippen molar-refractivity contribution in [2.45, 2.75) is 18.8 Å². The molecule has 1 aromatic carbocycles. The summed E-state index contributed by atoms with van der Waals surface area (Å²) in [6.45, 7) is -0.799. The predicted octanol–water partition coefficient (Wildman–Crippen LogP) is 1.51. The normalized spacial score (nSPS) is 18.9. The molecule has 1 amide bonds. The Morgan fingerprint density at radius 2 is 2.12 bits per heavy atom. The third-order valence-corrected chi connectivity index (χ3v) is 2.59. The van der Waals surface area contributed by atoms with E-state index in [0.717, 1.165) is 11.1 Å². The van der Waals surface area contributed by atoms with E-state index in [1.807, 2.05) is 17.4 Å². The Balaban J connectivity index is 2.03. The molecule has 0 saturated carbocycles. The number of hydrogen-bond acceptors (Lipinski definition) is 2. The molecule has 0 radical (unpaired) electrons. The van der Waals surface area contributed by atoms with Gasteiger partial charge in [-0.3, -0.25) is 10.1 Å². The third-order valence-electron chi connectivity index (χ3n) is 2.59. The molecule has 2 rings (SSSR count). The van der Waals surface area contributed by atoms with Crippen LogP contribution in [0, 0.1) is 0 Å². The minimum absolute atomic E-state index is 0.500. The monoisotopic (exact) mass is 244 g/mol. The van der Waals surface area contributed by atoms with Gasteiger partial charge < -0.3 is 5.32 Å². The van der Waals surface area contributed by atoms with Gasteiger partial charge >= 0.3 is 6.18 Å². The molecule has 1 aromatic rings. The SMILES string of the molecule is O=C(NCC(F)(F)F)C1NCc2ccccc21. The lowest BCUT2D eigenvalue weighted by molar-refractivity contribution is -0.139. The van der Waals surface area contributed by atoms with E-state index in [4.69, 9.17) is 0 Å². The van der Waals surface area contributed by atoms with Crippen molar-refractivity contribution in [3.8, 4) is 0 Å². The van der Waals surface area contributed by atoms with Gasteiger partial charge in [0.25, 0.3) is 0 Å². The maximum Gasteiger partial charge on any atom is 0.405 e. The van der Waals surface area contributed by atoms with Gasteiger partial charge in [0.15, 0.2) is 0 Å². The molecule has 3 nitrogen and oxygen atoms in total. The Labute approximate surface area is 96.0 Å².